The van der Waals surface area contributed by atoms with Crippen LogP contribution in [0.4, 0.5) is 0 Å². The van der Waals surface area contributed by atoms with Crippen LogP contribution >= 0.6 is 23.2 Å². The number of nitrogens with zero attached hydrogens (tertiary/aromatic N) is 1. The summed E-state index contributed by atoms with van der Waals surface area (Å²) >= 11 is 12.1. The maximum atomic E-state index is 12.2. The lowest BCUT2D eigenvalue weighted by molar-refractivity contribution is 0.0934. The van der Waals surface area contributed by atoms with Crippen molar-refractivity contribution in [2.24, 2.45) is 0 Å². The fourth-order valence-corrected chi connectivity index (χ4v) is 3.15. The molecule has 1 aromatic heterocycles. The van der Waals surface area contributed by atoms with Crippen LogP contribution < -0.4 is 5.32 Å². The first-order chi connectivity index (χ1) is 9.52. The molecule has 0 saturated carbocycles. The van der Waals surface area contributed by atoms with E-state index in [1.54, 1.807) is 18.2 Å². The zero-order valence-corrected chi connectivity index (χ0v) is 12.6. The topological polar surface area (TPSA) is 48.1 Å². The Bertz CT molecular complexity index is 668. The minimum atomic E-state index is -0.103. The van der Waals surface area contributed by atoms with Gasteiger partial charge < -0.3 is 15.2 Å². The second-order valence-corrected chi connectivity index (χ2v) is 6.10. The predicted octanol–water partition coefficient (Wildman–Crippen LogP) is 2.91. The van der Waals surface area contributed by atoms with Crippen molar-refractivity contribution in [2.45, 2.75) is 12.5 Å². The first-order valence-corrected chi connectivity index (χ1v) is 7.25. The molecule has 2 heterocycles. The molecule has 1 aliphatic heterocycles. The fourth-order valence-electron chi connectivity index (χ4n) is 2.60. The summed E-state index contributed by atoms with van der Waals surface area (Å²) in [6.07, 6.45) is 0.981. The van der Waals surface area contributed by atoms with E-state index in [1.165, 1.54) is 0 Å². The van der Waals surface area contributed by atoms with Gasteiger partial charge in [0.2, 0.25) is 0 Å². The Morgan fingerprint density at radius 3 is 2.90 bits per heavy atom. The molecule has 0 spiro atoms. The summed E-state index contributed by atoms with van der Waals surface area (Å²) in [4.78, 5) is 17.5. The quantitative estimate of drug-likeness (QED) is 0.896. The molecular weight excluding hydrogens is 297 g/mol. The molecule has 3 rings (SSSR count). The largest absolute Gasteiger partial charge is 0.350 e. The molecule has 2 N–H and O–H groups in total. The lowest BCUT2D eigenvalue weighted by atomic mass is 10.2. The van der Waals surface area contributed by atoms with Crippen molar-refractivity contribution in [3.63, 3.8) is 0 Å². The van der Waals surface area contributed by atoms with Gasteiger partial charge in [-0.15, -0.1) is 0 Å². The van der Waals surface area contributed by atoms with Crippen LogP contribution in [0.1, 0.15) is 16.9 Å². The van der Waals surface area contributed by atoms with Gasteiger partial charge in [-0.05, 0) is 38.2 Å². The third kappa shape index (κ3) is 2.64. The highest BCUT2D eigenvalue weighted by atomic mass is 35.5. The molecule has 1 unspecified atom stereocenters. The number of aromatic amines is 1. The second kappa shape index (κ2) is 5.28. The van der Waals surface area contributed by atoms with Crippen molar-refractivity contribution in [3.8, 4) is 0 Å². The van der Waals surface area contributed by atoms with Gasteiger partial charge in [0.25, 0.3) is 5.91 Å². The van der Waals surface area contributed by atoms with Gasteiger partial charge in [0.1, 0.15) is 5.69 Å². The molecule has 0 radical (unpaired) electrons. The highest BCUT2D eigenvalue weighted by molar-refractivity contribution is 6.38. The highest BCUT2D eigenvalue weighted by Crippen LogP contribution is 2.28. The number of carbonyl (C=O) groups is 1. The zero-order chi connectivity index (χ0) is 14.3. The van der Waals surface area contributed by atoms with E-state index >= 15 is 0 Å². The number of halogens is 2. The Hall–Kier alpha value is -1.23. The summed E-state index contributed by atoms with van der Waals surface area (Å²) in [5.41, 5.74) is 1.29. The van der Waals surface area contributed by atoms with E-state index in [4.69, 9.17) is 23.2 Å². The van der Waals surface area contributed by atoms with Gasteiger partial charge in [-0.1, -0.05) is 23.2 Å². The minimum absolute atomic E-state index is 0.103. The molecule has 4 nitrogen and oxygen atoms in total. The van der Waals surface area contributed by atoms with Crippen LogP contribution in [0.25, 0.3) is 10.9 Å². The third-order valence-electron chi connectivity index (χ3n) is 3.62. The Balaban J connectivity index is 1.83. The fraction of sp³-hybridized carbons (Fsp3) is 0.357. The summed E-state index contributed by atoms with van der Waals surface area (Å²) in [5, 5.41) is 4.94. The minimum Gasteiger partial charge on any atom is -0.350 e. The second-order valence-electron chi connectivity index (χ2n) is 5.25. The molecule has 20 heavy (non-hydrogen) atoms. The number of likely N-dealkylation sites (tertiary alicyclic amines) is 1. The Labute approximate surface area is 127 Å². The van der Waals surface area contributed by atoms with E-state index in [0.717, 1.165) is 30.4 Å². The maximum absolute atomic E-state index is 12.2. The number of H-pyrrole nitrogens is 1. The van der Waals surface area contributed by atoms with Crippen LogP contribution in [0.2, 0.25) is 10.0 Å². The van der Waals surface area contributed by atoms with Crippen molar-refractivity contribution in [3.05, 3.63) is 33.9 Å². The summed E-state index contributed by atoms with van der Waals surface area (Å²) in [6.45, 7) is 1.90. The van der Waals surface area contributed by atoms with E-state index < -0.39 is 0 Å². The van der Waals surface area contributed by atoms with Crippen LogP contribution in [0.5, 0.6) is 0 Å². The van der Waals surface area contributed by atoms with Crippen molar-refractivity contribution in [1.82, 2.24) is 15.2 Å². The van der Waals surface area contributed by atoms with Crippen molar-refractivity contribution >= 4 is 40.0 Å². The number of amides is 1. The average Bonchev–Trinajstić information content (AvgIpc) is 2.95. The van der Waals surface area contributed by atoms with Gasteiger partial charge in [-0.25, -0.2) is 0 Å². The number of fused-ring (bicyclic) bond motifs is 1. The average molecular weight is 312 g/mol. The molecule has 1 aliphatic rings. The number of aromatic nitrogens is 1. The maximum Gasteiger partial charge on any atom is 0.267 e. The van der Waals surface area contributed by atoms with Gasteiger partial charge >= 0.3 is 0 Å². The van der Waals surface area contributed by atoms with Crippen molar-refractivity contribution < 1.29 is 4.79 Å². The number of carbonyl (C=O) groups excluding carboxylic acids is 1. The number of likely N-dealkylation sites (N-methyl/N-ethyl adjacent to an activating group) is 1. The van der Waals surface area contributed by atoms with Gasteiger partial charge in [0.05, 0.1) is 5.02 Å². The van der Waals surface area contributed by atoms with E-state index in [2.05, 4.69) is 22.2 Å². The van der Waals surface area contributed by atoms with Crippen LogP contribution in [0, 0.1) is 0 Å². The molecule has 106 valence electrons. The normalized spacial score (nSPS) is 19.6. The smallest absolute Gasteiger partial charge is 0.267 e. The highest BCUT2D eigenvalue weighted by Gasteiger charge is 2.22. The van der Waals surface area contributed by atoms with Gasteiger partial charge in [0, 0.05) is 28.5 Å². The van der Waals surface area contributed by atoms with Gasteiger partial charge in [-0.2, -0.15) is 0 Å². The summed E-state index contributed by atoms with van der Waals surface area (Å²) < 4.78 is 0. The molecule has 6 heteroatoms. The van der Waals surface area contributed by atoms with Gasteiger partial charge in [0.15, 0.2) is 0 Å². The molecule has 1 amide bonds. The lowest BCUT2D eigenvalue weighted by Crippen LogP contribution is -2.36. The Kier molecular flexibility index (Phi) is 3.63. The van der Waals surface area contributed by atoms with E-state index in [-0.39, 0.29) is 11.9 Å². The third-order valence-corrected chi connectivity index (χ3v) is 4.15. The van der Waals surface area contributed by atoms with E-state index in [9.17, 15) is 4.79 Å². The predicted molar refractivity (Wildman–Crippen MR) is 81.7 cm³/mol. The first kappa shape index (κ1) is 13.7. The van der Waals surface area contributed by atoms with Crippen LogP contribution in [-0.4, -0.2) is 42.0 Å². The molecule has 1 saturated heterocycles. The molecule has 1 atom stereocenters. The number of hydrogen-bond donors (Lipinski definition) is 2. The van der Waals surface area contributed by atoms with Gasteiger partial charge in [-0.3, -0.25) is 4.79 Å². The van der Waals surface area contributed by atoms with Crippen molar-refractivity contribution in [2.75, 3.05) is 20.1 Å². The number of benzene rings is 1. The van der Waals surface area contributed by atoms with Crippen LogP contribution in [-0.2, 0) is 0 Å². The van der Waals surface area contributed by atoms with Crippen LogP contribution in [0.3, 0.4) is 0 Å². The molecule has 1 fully saturated rings. The Morgan fingerprint density at radius 1 is 1.40 bits per heavy atom. The molecule has 0 aliphatic carbocycles. The van der Waals surface area contributed by atoms with Crippen molar-refractivity contribution in [1.29, 1.82) is 0 Å². The summed E-state index contributed by atoms with van der Waals surface area (Å²) in [5.74, 6) is -0.103. The van der Waals surface area contributed by atoms with E-state index in [1.807, 2.05) is 0 Å². The Morgan fingerprint density at radius 2 is 2.20 bits per heavy atom. The first-order valence-electron chi connectivity index (χ1n) is 6.50. The molecule has 2 aromatic rings. The number of nitrogens with one attached hydrogen (secondary N) is 2. The number of rotatable bonds is 2. The lowest BCUT2D eigenvalue weighted by Gasteiger charge is -2.11. The zero-order valence-electron chi connectivity index (χ0n) is 11.0. The standard InChI is InChI=1S/C14H15Cl2N3O/c1-19-3-2-9(7-19)17-14(20)13-6-10-11(16)4-8(15)5-12(10)18-13/h4-6,9,18H,2-3,7H2,1H3,(H,17,20). The summed E-state index contributed by atoms with van der Waals surface area (Å²) in [6, 6.07) is 5.41. The molecule has 1 aromatic carbocycles. The van der Waals surface area contributed by atoms with Crippen LogP contribution in [0.15, 0.2) is 18.2 Å². The van der Waals surface area contributed by atoms with E-state index in [0.29, 0.717) is 15.7 Å². The monoisotopic (exact) mass is 311 g/mol. The SMILES string of the molecule is CN1CCC(NC(=O)c2cc3c(Cl)cc(Cl)cc3[nH]2)C1. The number of hydrogen-bond acceptors (Lipinski definition) is 2. The summed E-state index contributed by atoms with van der Waals surface area (Å²) in [7, 11) is 2.05. The molecular formula is C14H15Cl2N3O. The molecule has 0 bridgehead atoms.